The number of carbonyl (C=O) groups is 1. The summed E-state index contributed by atoms with van der Waals surface area (Å²) < 4.78 is 44.9. The molecule has 3 aromatic carbocycles. The fourth-order valence-corrected chi connectivity index (χ4v) is 4.81. The second-order valence-electron chi connectivity index (χ2n) is 6.64. The largest absolute Gasteiger partial charge is 0.443 e. The van der Waals surface area contributed by atoms with Crippen molar-refractivity contribution in [1.82, 2.24) is 10.3 Å². The van der Waals surface area contributed by atoms with Crippen LogP contribution < -0.4 is 5.32 Å². The number of carbonyl (C=O) groups excluding carboxylic acids is 1. The van der Waals surface area contributed by atoms with E-state index >= 15 is 0 Å². The second-order valence-corrected chi connectivity index (χ2v) is 8.77. The summed E-state index contributed by atoms with van der Waals surface area (Å²) in [6.07, 6.45) is 1.28. The third-order valence-electron chi connectivity index (χ3n) is 4.73. The van der Waals surface area contributed by atoms with Gasteiger partial charge in [-0.25, -0.2) is 17.8 Å². The van der Waals surface area contributed by atoms with Gasteiger partial charge in [-0.15, -0.1) is 0 Å². The van der Waals surface area contributed by atoms with E-state index in [0.29, 0.717) is 22.2 Å². The van der Waals surface area contributed by atoms with Crippen LogP contribution in [0, 0.1) is 5.82 Å². The van der Waals surface area contributed by atoms with Crippen LogP contribution in [-0.4, -0.2) is 25.9 Å². The Hall–Kier alpha value is -3.52. The van der Waals surface area contributed by atoms with Crippen molar-refractivity contribution >= 4 is 26.8 Å². The van der Waals surface area contributed by atoms with Crippen molar-refractivity contribution < 1.29 is 22.0 Å². The molecule has 0 aliphatic rings. The lowest BCUT2D eigenvalue weighted by molar-refractivity contribution is 0.0954. The molecule has 1 amide bonds. The van der Waals surface area contributed by atoms with E-state index in [4.69, 9.17) is 4.42 Å². The van der Waals surface area contributed by atoms with Gasteiger partial charge in [-0.1, -0.05) is 30.3 Å². The lowest BCUT2D eigenvalue weighted by Crippen LogP contribution is -2.32. The minimum Gasteiger partial charge on any atom is -0.443 e. The van der Waals surface area contributed by atoms with Crippen LogP contribution in [0.4, 0.5) is 4.39 Å². The maximum Gasteiger partial charge on any atom is 0.251 e. The first kappa shape index (κ1) is 19.8. The molecular weight excluding hydrogens is 407 g/mol. The van der Waals surface area contributed by atoms with Gasteiger partial charge >= 0.3 is 0 Å². The molecule has 0 saturated heterocycles. The molecule has 6 nitrogen and oxygen atoms in total. The SMILES string of the molecule is O=C(NCC(c1ccccc1)S(=O)(=O)c1ccc(F)cc1)c1ccc2ocnc2c1. The summed E-state index contributed by atoms with van der Waals surface area (Å²) in [5, 5.41) is 1.65. The summed E-state index contributed by atoms with van der Waals surface area (Å²) in [6, 6.07) is 18.0. The minimum atomic E-state index is -3.88. The van der Waals surface area contributed by atoms with Gasteiger partial charge in [0.2, 0.25) is 0 Å². The quantitative estimate of drug-likeness (QED) is 0.474. The van der Waals surface area contributed by atoms with Crippen LogP contribution in [0.1, 0.15) is 21.2 Å². The summed E-state index contributed by atoms with van der Waals surface area (Å²) in [6.45, 7) is -0.153. The molecule has 0 fully saturated rings. The normalized spacial score (nSPS) is 12.6. The molecule has 0 aliphatic heterocycles. The number of hydrogen-bond acceptors (Lipinski definition) is 5. The van der Waals surface area contributed by atoms with E-state index in [0.717, 1.165) is 12.1 Å². The molecule has 152 valence electrons. The Morgan fingerprint density at radius 1 is 1.03 bits per heavy atom. The number of sulfone groups is 1. The fraction of sp³-hybridized carbons (Fsp3) is 0.0909. The first-order valence-corrected chi connectivity index (χ1v) is 10.7. The molecule has 4 rings (SSSR count). The molecule has 30 heavy (non-hydrogen) atoms. The van der Waals surface area contributed by atoms with Crippen molar-refractivity contribution in [1.29, 1.82) is 0 Å². The highest BCUT2D eigenvalue weighted by Gasteiger charge is 2.29. The van der Waals surface area contributed by atoms with E-state index < -0.39 is 26.8 Å². The Morgan fingerprint density at radius 3 is 2.50 bits per heavy atom. The standard InChI is InChI=1S/C22H17FN2O4S/c23-17-7-9-18(10-8-17)30(27,28)21(15-4-2-1-3-5-15)13-24-22(26)16-6-11-20-19(12-16)25-14-29-20/h1-12,14,21H,13H2,(H,24,26). The number of amides is 1. The average molecular weight is 424 g/mol. The number of fused-ring (bicyclic) bond motifs is 1. The van der Waals surface area contributed by atoms with E-state index in [2.05, 4.69) is 10.3 Å². The number of aromatic nitrogens is 1. The molecule has 0 bridgehead atoms. The van der Waals surface area contributed by atoms with Crippen molar-refractivity contribution in [3.8, 4) is 0 Å². The zero-order valence-electron chi connectivity index (χ0n) is 15.7. The average Bonchev–Trinajstić information content (AvgIpc) is 3.22. The predicted octanol–water partition coefficient (Wildman–Crippen LogP) is 3.91. The number of hydrogen-bond donors (Lipinski definition) is 1. The predicted molar refractivity (Wildman–Crippen MR) is 109 cm³/mol. The molecule has 0 spiro atoms. The van der Waals surface area contributed by atoms with E-state index in [1.165, 1.54) is 18.5 Å². The summed E-state index contributed by atoms with van der Waals surface area (Å²) in [5.74, 6) is -0.961. The maximum atomic E-state index is 13.3. The van der Waals surface area contributed by atoms with Crippen molar-refractivity contribution in [2.24, 2.45) is 0 Å². The first-order valence-electron chi connectivity index (χ1n) is 9.11. The van der Waals surface area contributed by atoms with Crippen LogP contribution >= 0.6 is 0 Å². The second kappa shape index (κ2) is 8.08. The van der Waals surface area contributed by atoms with Crippen LogP contribution in [0.5, 0.6) is 0 Å². The Bertz CT molecular complexity index is 1290. The maximum absolute atomic E-state index is 13.3. The summed E-state index contributed by atoms with van der Waals surface area (Å²) in [5.41, 5.74) is 1.94. The number of nitrogens with zero attached hydrogens (tertiary/aromatic N) is 1. The van der Waals surface area contributed by atoms with Crippen molar-refractivity contribution in [2.75, 3.05) is 6.54 Å². The van der Waals surface area contributed by atoms with Gasteiger partial charge < -0.3 is 9.73 Å². The monoisotopic (exact) mass is 424 g/mol. The molecule has 1 aromatic heterocycles. The highest BCUT2D eigenvalue weighted by Crippen LogP contribution is 2.28. The number of rotatable bonds is 6. The minimum absolute atomic E-state index is 0.0176. The molecule has 0 aliphatic carbocycles. The van der Waals surface area contributed by atoms with E-state index in [-0.39, 0.29) is 11.4 Å². The van der Waals surface area contributed by atoms with E-state index in [1.807, 2.05) is 0 Å². The molecule has 0 radical (unpaired) electrons. The van der Waals surface area contributed by atoms with Crippen LogP contribution in [0.25, 0.3) is 11.1 Å². The third kappa shape index (κ3) is 3.95. The summed E-state index contributed by atoms with van der Waals surface area (Å²) in [4.78, 5) is 16.6. The smallest absolute Gasteiger partial charge is 0.251 e. The van der Waals surface area contributed by atoms with E-state index in [1.54, 1.807) is 48.5 Å². The van der Waals surface area contributed by atoms with Crippen LogP contribution in [0.2, 0.25) is 0 Å². The Morgan fingerprint density at radius 2 is 1.77 bits per heavy atom. The number of halogens is 1. The Labute approximate surface area is 172 Å². The van der Waals surface area contributed by atoms with Crippen molar-refractivity contribution in [3.63, 3.8) is 0 Å². The van der Waals surface area contributed by atoms with Crippen molar-refractivity contribution in [2.45, 2.75) is 10.1 Å². The molecule has 4 aromatic rings. The van der Waals surface area contributed by atoms with Crippen molar-refractivity contribution in [3.05, 3.63) is 96.1 Å². The zero-order chi connectivity index (χ0) is 21.1. The molecule has 8 heteroatoms. The van der Waals surface area contributed by atoms with Crippen LogP contribution in [0.3, 0.4) is 0 Å². The van der Waals surface area contributed by atoms with Gasteiger partial charge in [0.05, 0.1) is 4.90 Å². The topological polar surface area (TPSA) is 89.3 Å². The Balaban J connectivity index is 1.62. The highest BCUT2D eigenvalue weighted by molar-refractivity contribution is 7.91. The molecule has 1 heterocycles. The third-order valence-corrected chi connectivity index (χ3v) is 6.85. The fourth-order valence-electron chi connectivity index (χ4n) is 3.15. The van der Waals surface area contributed by atoms with Crippen LogP contribution in [-0.2, 0) is 9.84 Å². The molecular formula is C22H17FN2O4S. The molecule has 1 N–H and O–H groups in total. The molecule has 0 saturated carbocycles. The van der Waals surface area contributed by atoms with Gasteiger partial charge in [-0.05, 0) is 48.0 Å². The lowest BCUT2D eigenvalue weighted by Gasteiger charge is -2.19. The number of benzene rings is 3. The van der Waals surface area contributed by atoms with Gasteiger partial charge in [0.25, 0.3) is 5.91 Å². The number of nitrogens with one attached hydrogen (secondary N) is 1. The molecule has 1 unspecified atom stereocenters. The van der Waals surface area contributed by atoms with Gasteiger partial charge in [-0.2, -0.15) is 0 Å². The Kier molecular flexibility index (Phi) is 5.33. The van der Waals surface area contributed by atoms with Gasteiger partial charge in [0.15, 0.2) is 21.8 Å². The number of oxazole rings is 1. The van der Waals surface area contributed by atoms with Gasteiger partial charge in [0, 0.05) is 12.1 Å². The molecule has 1 atom stereocenters. The zero-order valence-corrected chi connectivity index (χ0v) is 16.5. The van der Waals surface area contributed by atoms with Gasteiger partial charge in [-0.3, -0.25) is 4.79 Å². The van der Waals surface area contributed by atoms with Gasteiger partial charge in [0.1, 0.15) is 16.6 Å². The highest BCUT2D eigenvalue weighted by atomic mass is 32.2. The lowest BCUT2D eigenvalue weighted by atomic mass is 10.1. The first-order chi connectivity index (χ1) is 14.4. The van der Waals surface area contributed by atoms with E-state index in [9.17, 15) is 17.6 Å². The summed E-state index contributed by atoms with van der Waals surface area (Å²) in [7, 11) is -3.88. The summed E-state index contributed by atoms with van der Waals surface area (Å²) >= 11 is 0. The van der Waals surface area contributed by atoms with Crippen LogP contribution in [0.15, 0.2) is 88.5 Å².